The van der Waals surface area contributed by atoms with Gasteiger partial charge < -0.3 is 15.2 Å². The molecule has 0 saturated heterocycles. The summed E-state index contributed by atoms with van der Waals surface area (Å²) in [4.78, 5) is 29.0. The average Bonchev–Trinajstić information content (AvgIpc) is 3.37. The Balaban J connectivity index is 2.00. The molecule has 1 unspecified atom stereocenters. The molecule has 1 atom stereocenters. The van der Waals surface area contributed by atoms with Crippen LogP contribution in [0.2, 0.25) is 0 Å². The van der Waals surface area contributed by atoms with Gasteiger partial charge in [-0.15, -0.1) is 0 Å². The molecule has 2 aromatic rings. The van der Waals surface area contributed by atoms with E-state index in [1.807, 2.05) is 31.2 Å². The van der Waals surface area contributed by atoms with Gasteiger partial charge >= 0.3 is 5.97 Å². The monoisotopic (exact) mass is 356 g/mol. The van der Waals surface area contributed by atoms with Crippen LogP contribution in [0, 0.1) is 6.92 Å². The molecular weight excluding hydrogens is 332 g/mol. The fourth-order valence-corrected chi connectivity index (χ4v) is 3.26. The van der Waals surface area contributed by atoms with Gasteiger partial charge in [-0.1, -0.05) is 11.6 Å². The van der Waals surface area contributed by atoms with Crippen LogP contribution in [0.5, 0.6) is 0 Å². The molecule has 2 N–H and O–H groups in total. The highest BCUT2D eigenvalue weighted by Gasteiger charge is 2.32. The topological polar surface area (TPSA) is 88.5 Å². The minimum absolute atomic E-state index is 0.114. The molecule has 0 radical (unpaired) electrons. The molecule has 1 amide bonds. The van der Waals surface area contributed by atoms with Gasteiger partial charge in [-0.2, -0.15) is 0 Å². The van der Waals surface area contributed by atoms with Crippen molar-refractivity contribution in [3.63, 3.8) is 0 Å². The maximum atomic E-state index is 13.0. The second-order valence-electron chi connectivity index (χ2n) is 7.41. The molecule has 138 valence electrons. The van der Waals surface area contributed by atoms with Crippen molar-refractivity contribution in [2.75, 3.05) is 13.7 Å². The number of nitrogens with one attached hydrogen (secondary N) is 1. The van der Waals surface area contributed by atoms with Crippen LogP contribution >= 0.6 is 0 Å². The first-order valence-corrected chi connectivity index (χ1v) is 8.76. The third-order valence-electron chi connectivity index (χ3n) is 4.64. The highest BCUT2D eigenvalue weighted by molar-refractivity contribution is 6.06. The average molecular weight is 356 g/mol. The Hall–Kier alpha value is -2.47. The summed E-state index contributed by atoms with van der Waals surface area (Å²) in [6, 6.07) is 7.70. The van der Waals surface area contributed by atoms with Gasteiger partial charge in [0.2, 0.25) is 0 Å². The number of aromatic nitrogens is 1. The number of carboxylic acid groups (broad SMARTS) is 1. The Kier molecular flexibility index (Phi) is 4.96. The fourth-order valence-electron chi connectivity index (χ4n) is 3.26. The summed E-state index contributed by atoms with van der Waals surface area (Å²) in [6.45, 7) is 3.76. The number of carboxylic acids is 1. The molecular formula is C20H24N2O4. The van der Waals surface area contributed by atoms with Crippen LogP contribution in [-0.2, 0) is 9.53 Å². The number of carbonyl (C=O) groups is 2. The van der Waals surface area contributed by atoms with Gasteiger partial charge in [0.1, 0.15) is 0 Å². The van der Waals surface area contributed by atoms with E-state index in [2.05, 4.69) is 5.32 Å². The summed E-state index contributed by atoms with van der Waals surface area (Å²) < 4.78 is 5.13. The van der Waals surface area contributed by atoms with E-state index in [1.165, 1.54) is 7.11 Å². The van der Waals surface area contributed by atoms with Crippen molar-refractivity contribution in [1.29, 1.82) is 0 Å². The number of benzene rings is 1. The van der Waals surface area contributed by atoms with Gasteiger partial charge in [-0.3, -0.25) is 14.6 Å². The molecule has 6 heteroatoms. The van der Waals surface area contributed by atoms with Gasteiger partial charge in [0.25, 0.3) is 5.91 Å². The molecule has 1 fully saturated rings. The molecule has 0 bridgehead atoms. The molecule has 1 aromatic carbocycles. The maximum absolute atomic E-state index is 13.0. The lowest BCUT2D eigenvalue weighted by Gasteiger charge is -2.28. The van der Waals surface area contributed by atoms with Gasteiger partial charge in [-0.05, 0) is 44.9 Å². The molecule has 26 heavy (non-hydrogen) atoms. The lowest BCUT2D eigenvalue weighted by atomic mass is 9.97. The predicted molar refractivity (Wildman–Crippen MR) is 98.5 cm³/mol. The Morgan fingerprint density at radius 3 is 2.69 bits per heavy atom. The van der Waals surface area contributed by atoms with E-state index < -0.39 is 11.5 Å². The van der Waals surface area contributed by atoms with Crippen LogP contribution in [0.15, 0.2) is 24.3 Å². The van der Waals surface area contributed by atoms with Crippen LogP contribution < -0.4 is 5.32 Å². The minimum Gasteiger partial charge on any atom is -0.481 e. The van der Waals surface area contributed by atoms with Gasteiger partial charge in [0, 0.05) is 24.1 Å². The summed E-state index contributed by atoms with van der Waals surface area (Å²) in [7, 11) is 1.49. The van der Waals surface area contributed by atoms with Crippen molar-refractivity contribution in [3.8, 4) is 0 Å². The highest BCUT2D eigenvalue weighted by Crippen LogP contribution is 2.40. The summed E-state index contributed by atoms with van der Waals surface area (Å²) in [6.07, 6.45) is 1.96. The first kappa shape index (κ1) is 18.3. The molecule has 3 rings (SSSR count). The van der Waals surface area contributed by atoms with Crippen molar-refractivity contribution in [3.05, 3.63) is 41.1 Å². The predicted octanol–water partition coefficient (Wildman–Crippen LogP) is 3.03. The minimum atomic E-state index is -0.989. The standard InChI is InChI=1S/C20H24N2O4/c1-12-4-7-16-14(8-12)15(9-17(21-16)13-5-6-13)19(25)22-20(2,11-26-3)10-18(23)24/h4,7-9,13H,5-6,10-11H2,1-3H3,(H,22,25)(H,23,24). The lowest BCUT2D eigenvalue weighted by Crippen LogP contribution is -2.50. The summed E-state index contributed by atoms with van der Waals surface area (Å²) in [5.41, 5.74) is 2.30. The second kappa shape index (κ2) is 7.03. The maximum Gasteiger partial charge on any atom is 0.305 e. The van der Waals surface area contributed by atoms with Crippen molar-refractivity contribution < 1.29 is 19.4 Å². The van der Waals surface area contributed by atoms with E-state index in [0.717, 1.165) is 35.0 Å². The third kappa shape index (κ3) is 4.02. The van der Waals surface area contributed by atoms with Gasteiger partial charge in [-0.25, -0.2) is 0 Å². The number of aliphatic carboxylic acids is 1. The largest absolute Gasteiger partial charge is 0.481 e. The third-order valence-corrected chi connectivity index (χ3v) is 4.64. The number of amides is 1. The van der Waals surface area contributed by atoms with E-state index in [-0.39, 0.29) is 18.9 Å². The number of pyridine rings is 1. The first-order valence-electron chi connectivity index (χ1n) is 8.76. The highest BCUT2D eigenvalue weighted by atomic mass is 16.5. The number of rotatable bonds is 7. The number of hydrogen-bond donors (Lipinski definition) is 2. The number of aryl methyl sites for hydroxylation is 1. The number of ether oxygens (including phenoxy) is 1. The number of hydrogen-bond acceptors (Lipinski definition) is 4. The summed E-state index contributed by atoms with van der Waals surface area (Å²) >= 11 is 0. The zero-order chi connectivity index (χ0) is 18.9. The molecule has 0 spiro atoms. The molecule has 6 nitrogen and oxygen atoms in total. The lowest BCUT2D eigenvalue weighted by molar-refractivity contribution is -0.139. The van der Waals surface area contributed by atoms with E-state index in [4.69, 9.17) is 9.72 Å². The van der Waals surface area contributed by atoms with Gasteiger partial charge in [0.15, 0.2) is 0 Å². The Morgan fingerprint density at radius 2 is 2.08 bits per heavy atom. The van der Waals surface area contributed by atoms with Crippen molar-refractivity contribution in [2.24, 2.45) is 0 Å². The van der Waals surface area contributed by atoms with Gasteiger partial charge in [0.05, 0.1) is 29.6 Å². The smallest absolute Gasteiger partial charge is 0.305 e. The fraction of sp³-hybridized carbons (Fsp3) is 0.450. The van der Waals surface area contributed by atoms with Crippen LogP contribution in [0.4, 0.5) is 0 Å². The van der Waals surface area contributed by atoms with Crippen LogP contribution in [0.3, 0.4) is 0 Å². The molecule has 1 aliphatic rings. The Bertz CT molecular complexity index is 860. The van der Waals surface area contributed by atoms with E-state index in [1.54, 1.807) is 6.92 Å². The molecule has 1 saturated carbocycles. The van der Waals surface area contributed by atoms with E-state index >= 15 is 0 Å². The quantitative estimate of drug-likeness (QED) is 0.796. The Morgan fingerprint density at radius 1 is 1.35 bits per heavy atom. The SMILES string of the molecule is COCC(C)(CC(=O)O)NC(=O)c1cc(C2CC2)nc2ccc(C)cc12. The van der Waals surface area contributed by atoms with Crippen LogP contribution in [0.25, 0.3) is 10.9 Å². The number of fused-ring (bicyclic) bond motifs is 1. The van der Waals surface area contributed by atoms with Crippen LogP contribution in [0.1, 0.15) is 53.7 Å². The molecule has 1 aromatic heterocycles. The number of methoxy groups -OCH3 is 1. The van der Waals surface area contributed by atoms with Crippen molar-refractivity contribution in [1.82, 2.24) is 10.3 Å². The van der Waals surface area contributed by atoms with Crippen molar-refractivity contribution in [2.45, 2.75) is 44.6 Å². The number of carbonyl (C=O) groups excluding carboxylic acids is 1. The van der Waals surface area contributed by atoms with Crippen molar-refractivity contribution >= 4 is 22.8 Å². The zero-order valence-corrected chi connectivity index (χ0v) is 15.3. The summed E-state index contributed by atoms with van der Waals surface area (Å²) in [5.74, 6) is -0.874. The molecule has 1 aliphatic carbocycles. The van der Waals surface area contributed by atoms with E-state index in [0.29, 0.717) is 11.5 Å². The zero-order valence-electron chi connectivity index (χ0n) is 15.3. The molecule has 1 heterocycles. The van der Waals surface area contributed by atoms with Crippen LogP contribution in [-0.4, -0.2) is 41.2 Å². The van der Waals surface area contributed by atoms with E-state index in [9.17, 15) is 14.7 Å². The normalized spacial score (nSPS) is 16.3. The first-order chi connectivity index (χ1) is 12.3. The Labute approximate surface area is 152 Å². The summed E-state index contributed by atoms with van der Waals surface area (Å²) in [5, 5.41) is 12.8. The number of nitrogens with zero attached hydrogens (tertiary/aromatic N) is 1. The second-order valence-corrected chi connectivity index (χ2v) is 7.41. The molecule has 0 aliphatic heterocycles.